The van der Waals surface area contributed by atoms with Crippen LogP contribution in [0, 0.1) is 6.92 Å². The van der Waals surface area contributed by atoms with Crippen LogP contribution in [-0.4, -0.2) is 0 Å². The first-order chi connectivity index (χ1) is 14.8. The second-order valence-corrected chi connectivity index (χ2v) is 9.19. The highest BCUT2D eigenvalue weighted by molar-refractivity contribution is 5.40. The van der Waals surface area contributed by atoms with Gasteiger partial charge in [-0.05, 0) is 66.8 Å². The molecule has 0 aliphatic rings. The summed E-state index contributed by atoms with van der Waals surface area (Å²) in [6.45, 7) is 6.85. The molecule has 0 nitrogen and oxygen atoms in total. The van der Waals surface area contributed by atoms with Crippen molar-refractivity contribution in [3.05, 3.63) is 70.3 Å². The van der Waals surface area contributed by atoms with Crippen molar-refractivity contribution in [3.8, 4) is 0 Å². The van der Waals surface area contributed by atoms with Crippen molar-refractivity contribution < 1.29 is 0 Å². The predicted molar refractivity (Wildman–Crippen MR) is 135 cm³/mol. The predicted octanol–water partition coefficient (Wildman–Crippen LogP) is 9.39. The van der Waals surface area contributed by atoms with E-state index < -0.39 is 0 Å². The van der Waals surface area contributed by atoms with Gasteiger partial charge in [-0.3, -0.25) is 0 Å². The molecule has 0 spiro atoms. The Morgan fingerprint density at radius 3 is 1.70 bits per heavy atom. The molecular weight excluding hydrogens is 360 g/mol. The molecule has 0 bridgehead atoms. The minimum atomic E-state index is 1.09. The molecular formula is C30H46. The molecule has 0 N–H and O–H groups in total. The Morgan fingerprint density at radius 2 is 1.03 bits per heavy atom. The minimum absolute atomic E-state index is 1.09. The minimum Gasteiger partial charge on any atom is -0.0654 e. The lowest BCUT2D eigenvalue weighted by Crippen LogP contribution is -2.03. The summed E-state index contributed by atoms with van der Waals surface area (Å²) in [6, 6.07) is 16.0. The summed E-state index contributed by atoms with van der Waals surface area (Å²) in [5, 5.41) is 0. The van der Waals surface area contributed by atoms with E-state index in [-0.39, 0.29) is 0 Å². The molecule has 0 saturated heterocycles. The molecule has 0 aliphatic heterocycles. The topological polar surface area (TPSA) is 0 Å². The van der Waals surface area contributed by atoms with Crippen molar-refractivity contribution in [1.29, 1.82) is 0 Å². The Labute approximate surface area is 187 Å². The number of hydrogen-bond donors (Lipinski definition) is 0. The third kappa shape index (κ3) is 9.07. The monoisotopic (exact) mass is 406 g/mol. The second kappa shape index (κ2) is 15.3. The highest BCUT2D eigenvalue weighted by Crippen LogP contribution is 2.24. The van der Waals surface area contributed by atoms with Crippen LogP contribution < -0.4 is 0 Å². The van der Waals surface area contributed by atoms with Crippen LogP contribution in [0.2, 0.25) is 0 Å². The van der Waals surface area contributed by atoms with Crippen LogP contribution in [0.15, 0.2) is 42.5 Å². The van der Waals surface area contributed by atoms with E-state index in [0.717, 1.165) is 6.42 Å². The Bertz CT molecular complexity index is 697. The number of hydrogen-bond acceptors (Lipinski definition) is 0. The van der Waals surface area contributed by atoms with Gasteiger partial charge < -0.3 is 0 Å². The maximum absolute atomic E-state index is 2.42. The Hall–Kier alpha value is -1.56. The first kappa shape index (κ1) is 24.7. The second-order valence-electron chi connectivity index (χ2n) is 9.19. The quantitative estimate of drug-likeness (QED) is 0.243. The van der Waals surface area contributed by atoms with Crippen molar-refractivity contribution in [3.63, 3.8) is 0 Å². The summed E-state index contributed by atoms with van der Waals surface area (Å²) < 4.78 is 0. The van der Waals surface area contributed by atoms with E-state index in [4.69, 9.17) is 0 Å². The van der Waals surface area contributed by atoms with E-state index in [1.54, 1.807) is 16.7 Å². The van der Waals surface area contributed by atoms with Crippen LogP contribution in [0.25, 0.3) is 0 Å². The van der Waals surface area contributed by atoms with Crippen molar-refractivity contribution in [2.75, 3.05) is 0 Å². The molecule has 0 amide bonds. The van der Waals surface area contributed by atoms with Gasteiger partial charge in [0.2, 0.25) is 0 Å². The van der Waals surface area contributed by atoms with E-state index in [1.165, 1.54) is 101 Å². The number of rotatable bonds is 16. The smallest absolute Gasteiger partial charge is 0.00203 e. The van der Waals surface area contributed by atoms with Crippen LogP contribution >= 0.6 is 0 Å². The van der Waals surface area contributed by atoms with Gasteiger partial charge in [0.25, 0.3) is 0 Å². The van der Waals surface area contributed by atoms with E-state index in [9.17, 15) is 0 Å². The summed E-state index contributed by atoms with van der Waals surface area (Å²) >= 11 is 0. The molecule has 2 aromatic rings. The molecule has 0 saturated carbocycles. The average molecular weight is 407 g/mol. The highest BCUT2D eigenvalue weighted by atomic mass is 14.2. The standard InChI is InChI=1S/C30H46/c1-4-6-8-10-12-14-20-27-22-18-23-29(25-28-21-17-16-19-26(28)3)30(27)24-15-13-11-9-7-5-2/h16-19,21-23H,4-15,20,24-25H2,1-3H3. The normalized spacial score (nSPS) is 11.2. The van der Waals surface area contributed by atoms with E-state index in [2.05, 4.69) is 63.2 Å². The molecule has 166 valence electrons. The average Bonchev–Trinajstić information content (AvgIpc) is 2.76. The zero-order chi connectivity index (χ0) is 21.4. The lowest BCUT2D eigenvalue weighted by Gasteiger charge is -2.16. The summed E-state index contributed by atoms with van der Waals surface area (Å²) in [6.07, 6.45) is 20.2. The molecule has 30 heavy (non-hydrogen) atoms. The van der Waals surface area contributed by atoms with Gasteiger partial charge in [0.15, 0.2) is 0 Å². The van der Waals surface area contributed by atoms with E-state index in [0.29, 0.717) is 0 Å². The maximum Gasteiger partial charge on any atom is -0.00203 e. The number of aryl methyl sites for hydroxylation is 2. The number of unbranched alkanes of at least 4 members (excludes halogenated alkanes) is 10. The first-order valence-electron chi connectivity index (χ1n) is 12.9. The van der Waals surface area contributed by atoms with Gasteiger partial charge >= 0.3 is 0 Å². The van der Waals surface area contributed by atoms with Crippen molar-refractivity contribution >= 4 is 0 Å². The van der Waals surface area contributed by atoms with Gasteiger partial charge in [-0.15, -0.1) is 0 Å². The molecule has 0 radical (unpaired) electrons. The Balaban J connectivity index is 2.03. The van der Waals surface area contributed by atoms with Crippen LogP contribution in [-0.2, 0) is 19.3 Å². The highest BCUT2D eigenvalue weighted by Gasteiger charge is 2.10. The first-order valence-corrected chi connectivity index (χ1v) is 12.9. The SMILES string of the molecule is CCCCCCCCc1cccc(Cc2ccccc2C)c1CCCCCCCC. The molecule has 0 aromatic heterocycles. The fraction of sp³-hybridized carbons (Fsp3) is 0.600. The van der Waals surface area contributed by atoms with Crippen LogP contribution in [0.1, 0.15) is 119 Å². The van der Waals surface area contributed by atoms with Crippen LogP contribution in [0.4, 0.5) is 0 Å². The third-order valence-electron chi connectivity index (χ3n) is 6.59. The van der Waals surface area contributed by atoms with Crippen LogP contribution in [0.3, 0.4) is 0 Å². The van der Waals surface area contributed by atoms with Gasteiger partial charge in [0, 0.05) is 0 Å². The zero-order valence-electron chi connectivity index (χ0n) is 20.1. The van der Waals surface area contributed by atoms with Gasteiger partial charge in [0.1, 0.15) is 0 Å². The zero-order valence-corrected chi connectivity index (χ0v) is 20.1. The molecule has 0 atom stereocenters. The lowest BCUT2D eigenvalue weighted by molar-refractivity contribution is 0.598. The lowest BCUT2D eigenvalue weighted by atomic mass is 9.89. The maximum atomic E-state index is 2.42. The molecule has 0 fully saturated rings. The van der Waals surface area contributed by atoms with Gasteiger partial charge in [-0.25, -0.2) is 0 Å². The van der Waals surface area contributed by atoms with Gasteiger partial charge in [-0.2, -0.15) is 0 Å². The summed E-state index contributed by atoms with van der Waals surface area (Å²) in [7, 11) is 0. The van der Waals surface area contributed by atoms with Crippen molar-refractivity contribution in [2.45, 2.75) is 117 Å². The summed E-state index contributed by atoms with van der Waals surface area (Å²) in [4.78, 5) is 0. The Morgan fingerprint density at radius 1 is 0.500 bits per heavy atom. The van der Waals surface area contributed by atoms with Crippen molar-refractivity contribution in [1.82, 2.24) is 0 Å². The molecule has 0 aliphatic carbocycles. The Kier molecular flexibility index (Phi) is 12.6. The van der Waals surface area contributed by atoms with E-state index >= 15 is 0 Å². The molecule has 0 unspecified atom stereocenters. The van der Waals surface area contributed by atoms with Crippen molar-refractivity contribution in [2.24, 2.45) is 0 Å². The molecule has 2 rings (SSSR count). The van der Waals surface area contributed by atoms with Crippen LogP contribution in [0.5, 0.6) is 0 Å². The summed E-state index contributed by atoms with van der Waals surface area (Å²) in [5.74, 6) is 0. The fourth-order valence-corrected chi connectivity index (χ4v) is 4.60. The van der Waals surface area contributed by atoms with E-state index in [1.807, 2.05) is 0 Å². The summed E-state index contributed by atoms with van der Waals surface area (Å²) in [5.41, 5.74) is 7.78. The van der Waals surface area contributed by atoms with Gasteiger partial charge in [-0.1, -0.05) is 121 Å². The molecule has 2 aromatic carbocycles. The molecule has 0 heterocycles. The van der Waals surface area contributed by atoms with Gasteiger partial charge in [0.05, 0.1) is 0 Å². The third-order valence-corrected chi connectivity index (χ3v) is 6.59. The number of benzene rings is 2. The molecule has 0 heteroatoms. The fourth-order valence-electron chi connectivity index (χ4n) is 4.60. The largest absolute Gasteiger partial charge is 0.0654 e.